The fourth-order valence-electron chi connectivity index (χ4n) is 2.33. The molecular formula is C14H16ClNO3S. The van der Waals surface area contributed by atoms with E-state index in [2.05, 4.69) is 5.32 Å². The molecule has 2 N–H and O–H groups in total. The molecule has 20 heavy (non-hydrogen) atoms. The molecule has 1 aliphatic rings. The quantitative estimate of drug-likeness (QED) is 0.839. The van der Waals surface area contributed by atoms with Crippen molar-refractivity contribution in [1.82, 2.24) is 5.32 Å². The number of rotatable bonds is 4. The third-order valence-corrected chi connectivity index (χ3v) is 4.88. The Kier molecular flexibility index (Phi) is 4.83. The number of aliphatic carboxylic acids is 1. The number of hydrogen-bond donors (Lipinski definition) is 2. The van der Waals surface area contributed by atoms with E-state index in [-0.39, 0.29) is 11.9 Å². The van der Waals surface area contributed by atoms with E-state index in [1.807, 2.05) is 25.1 Å². The predicted octanol–water partition coefficient (Wildman–Crippen LogP) is 3.25. The highest BCUT2D eigenvalue weighted by Gasteiger charge is 2.34. The summed E-state index contributed by atoms with van der Waals surface area (Å²) in [5.74, 6) is -2.27. The SMILES string of the molecule is C[C@H](NC(=O)[C@@H]1CC=CC[C@@H]1C(=O)O)c1ccc(Cl)s1. The van der Waals surface area contributed by atoms with Gasteiger partial charge in [-0.15, -0.1) is 11.3 Å². The summed E-state index contributed by atoms with van der Waals surface area (Å²) in [4.78, 5) is 24.4. The van der Waals surface area contributed by atoms with Gasteiger partial charge < -0.3 is 10.4 Å². The van der Waals surface area contributed by atoms with Gasteiger partial charge in [-0.05, 0) is 31.9 Å². The zero-order valence-electron chi connectivity index (χ0n) is 11.0. The van der Waals surface area contributed by atoms with Crippen LogP contribution in [-0.4, -0.2) is 17.0 Å². The Balaban J connectivity index is 2.03. The molecule has 1 aliphatic carbocycles. The van der Waals surface area contributed by atoms with Gasteiger partial charge in [0, 0.05) is 4.88 Å². The summed E-state index contributed by atoms with van der Waals surface area (Å²) in [5.41, 5.74) is 0. The largest absolute Gasteiger partial charge is 0.481 e. The second-order valence-corrected chi connectivity index (χ2v) is 6.61. The monoisotopic (exact) mass is 313 g/mol. The number of carbonyl (C=O) groups excluding carboxylic acids is 1. The van der Waals surface area contributed by atoms with Crippen LogP contribution >= 0.6 is 22.9 Å². The minimum atomic E-state index is -0.915. The van der Waals surface area contributed by atoms with Crippen LogP contribution in [0.2, 0.25) is 4.34 Å². The molecule has 0 unspecified atom stereocenters. The van der Waals surface area contributed by atoms with E-state index in [4.69, 9.17) is 11.6 Å². The van der Waals surface area contributed by atoms with E-state index in [0.29, 0.717) is 17.2 Å². The Morgan fingerprint density at radius 3 is 2.55 bits per heavy atom. The number of nitrogens with one attached hydrogen (secondary N) is 1. The summed E-state index contributed by atoms with van der Waals surface area (Å²) >= 11 is 7.29. The fourth-order valence-corrected chi connectivity index (χ4v) is 3.39. The molecule has 3 atom stereocenters. The molecule has 0 aliphatic heterocycles. The number of carbonyl (C=O) groups is 2. The second kappa shape index (κ2) is 6.41. The second-order valence-electron chi connectivity index (χ2n) is 4.87. The lowest BCUT2D eigenvalue weighted by atomic mass is 9.82. The van der Waals surface area contributed by atoms with E-state index in [9.17, 15) is 14.7 Å². The Bertz CT molecular complexity index is 540. The fraction of sp³-hybridized carbons (Fsp3) is 0.429. The van der Waals surface area contributed by atoms with Gasteiger partial charge in [-0.25, -0.2) is 0 Å². The summed E-state index contributed by atoms with van der Waals surface area (Å²) in [6.45, 7) is 1.87. The average molecular weight is 314 g/mol. The van der Waals surface area contributed by atoms with Gasteiger partial charge in [0.15, 0.2) is 0 Å². The van der Waals surface area contributed by atoms with Gasteiger partial charge in [-0.1, -0.05) is 23.8 Å². The highest BCUT2D eigenvalue weighted by molar-refractivity contribution is 7.16. The number of carboxylic acid groups (broad SMARTS) is 1. The molecule has 0 radical (unpaired) electrons. The van der Waals surface area contributed by atoms with Gasteiger partial charge in [0.2, 0.25) is 5.91 Å². The van der Waals surface area contributed by atoms with Crippen molar-refractivity contribution in [2.75, 3.05) is 0 Å². The maximum Gasteiger partial charge on any atom is 0.307 e. The van der Waals surface area contributed by atoms with Crippen molar-refractivity contribution in [3.05, 3.63) is 33.5 Å². The smallest absolute Gasteiger partial charge is 0.307 e. The highest BCUT2D eigenvalue weighted by Crippen LogP contribution is 2.29. The zero-order valence-corrected chi connectivity index (χ0v) is 12.6. The topological polar surface area (TPSA) is 66.4 Å². The average Bonchev–Trinajstić information content (AvgIpc) is 2.85. The highest BCUT2D eigenvalue weighted by atomic mass is 35.5. The van der Waals surface area contributed by atoms with Gasteiger partial charge in [0.05, 0.1) is 22.2 Å². The minimum Gasteiger partial charge on any atom is -0.481 e. The van der Waals surface area contributed by atoms with Gasteiger partial charge in [0.25, 0.3) is 0 Å². The van der Waals surface area contributed by atoms with Crippen molar-refractivity contribution in [1.29, 1.82) is 0 Å². The Morgan fingerprint density at radius 1 is 1.35 bits per heavy atom. The minimum absolute atomic E-state index is 0.166. The van der Waals surface area contributed by atoms with E-state index in [0.717, 1.165) is 4.88 Å². The number of thiophene rings is 1. The molecule has 6 heteroatoms. The first-order valence-electron chi connectivity index (χ1n) is 6.42. The number of carboxylic acids is 1. The summed E-state index contributed by atoms with van der Waals surface area (Å²) < 4.78 is 0.671. The molecule has 4 nitrogen and oxygen atoms in total. The number of hydrogen-bond acceptors (Lipinski definition) is 3. The standard InChI is InChI=1S/C14H16ClNO3S/c1-8(11-6-7-12(15)20-11)16-13(17)9-4-2-3-5-10(9)14(18)19/h2-3,6-10H,4-5H2,1H3,(H,16,17)(H,18,19)/t8-,9+,10-/m0/s1. The number of halogens is 1. The van der Waals surface area contributed by atoms with Crippen LogP contribution in [-0.2, 0) is 9.59 Å². The van der Waals surface area contributed by atoms with Gasteiger partial charge >= 0.3 is 5.97 Å². The predicted molar refractivity (Wildman–Crippen MR) is 78.9 cm³/mol. The molecule has 2 rings (SSSR count). The summed E-state index contributed by atoms with van der Waals surface area (Å²) in [6.07, 6.45) is 4.58. The van der Waals surface area contributed by atoms with Crippen molar-refractivity contribution >= 4 is 34.8 Å². The van der Waals surface area contributed by atoms with Crippen molar-refractivity contribution < 1.29 is 14.7 Å². The van der Waals surface area contributed by atoms with Gasteiger partial charge in [-0.3, -0.25) is 9.59 Å². The van der Waals surface area contributed by atoms with Crippen molar-refractivity contribution in [3.8, 4) is 0 Å². The van der Waals surface area contributed by atoms with E-state index in [1.165, 1.54) is 11.3 Å². The van der Waals surface area contributed by atoms with Gasteiger partial charge in [-0.2, -0.15) is 0 Å². The first kappa shape index (κ1) is 15.1. The molecule has 0 saturated heterocycles. The Hall–Kier alpha value is -1.33. The number of amides is 1. The van der Waals surface area contributed by atoms with Crippen LogP contribution < -0.4 is 5.32 Å². The molecular weight excluding hydrogens is 298 g/mol. The maximum atomic E-state index is 12.3. The van der Waals surface area contributed by atoms with Crippen molar-refractivity contribution in [3.63, 3.8) is 0 Å². The number of allylic oxidation sites excluding steroid dienone is 2. The molecule has 1 aromatic rings. The van der Waals surface area contributed by atoms with Crippen LogP contribution in [0.1, 0.15) is 30.7 Å². The molecule has 108 valence electrons. The molecule has 1 heterocycles. The third kappa shape index (κ3) is 3.41. The van der Waals surface area contributed by atoms with Crippen LogP contribution in [0.3, 0.4) is 0 Å². The zero-order chi connectivity index (χ0) is 14.7. The molecule has 0 saturated carbocycles. The van der Waals surface area contributed by atoms with Crippen molar-refractivity contribution in [2.45, 2.75) is 25.8 Å². The molecule has 0 fully saturated rings. The first-order chi connectivity index (χ1) is 9.49. The van der Waals surface area contributed by atoms with Crippen molar-refractivity contribution in [2.24, 2.45) is 11.8 Å². The molecule has 0 spiro atoms. The molecule has 0 aromatic carbocycles. The molecule has 1 aromatic heterocycles. The lowest BCUT2D eigenvalue weighted by Gasteiger charge is -2.25. The van der Waals surface area contributed by atoms with E-state index < -0.39 is 17.8 Å². The molecule has 0 bridgehead atoms. The summed E-state index contributed by atoms with van der Waals surface area (Å²) in [7, 11) is 0. The van der Waals surface area contributed by atoms with Crippen LogP contribution in [0.25, 0.3) is 0 Å². The van der Waals surface area contributed by atoms with Crippen LogP contribution in [0.15, 0.2) is 24.3 Å². The summed E-state index contributed by atoms with van der Waals surface area (Å²) in [6, 6.07) is 3.49. The maximum absolute atomic E-state index is 12.3. The van der Waals surface area contributed by atoms with Gasteiger partial charge in [0.1, 0.15) is 0 Å². The first-order valence-corrected chi connectivity index (χ1v) is 7.62. The lowest BCUT2D eigenvalue weighted by Crippen LogP contribution is -2.39. The lowest BCUT2D eigenvalue weighted by molar-refractivity contribution is -0.147. The third-order valence-electron chi connectivity index (χ3n) is 3.47. The van der Waals surface area contributed by atoms with Crippen LogP contribution in [0.5, 0.6) is 0 Å². The van der Waals surface area contributed by atoms with Crippen LogP contribution in [0.4, 0.5) is 0 Å². The summed E-state index contributed by atoms with van der Waals surface area (Å²) in [5, 5.41) is 12.1. The van der Waals surface area contributed by atoms with E-state index in [1.54, 1.807) is 6.07 Å². The Labute approximate surface area is 126 Å². The normalized spacial score (nSPS) is 23.3. The van der Waals surface area contributed by atoms with Crippen LogP contribution in [0, 0.1) is 11.8 Å². The Morgan fingerprint density at radius 2 is 2.00 bits per heavy atom. The van der Waals surface area contributed by atoms with E-state index >= 15 is 0 Å². The molecule has 1 amide bonds.